The second-order valence-electron chi connectivity index (χ2n) is 4.65. The first-order valence-corrected chi connectivity index (χ1v) is 5.18. The third-order valence-electron chi connectivity index (χ3n) is 2.95. The minimum absolute atomic E-state index is 0.0488. The smallest absolute Gasteiger partial charge is 0.217 e. The lowest BCUT2D eigenvalue weighted by atomic mass is 10.0. The molecule has 14 heavy (non-hydrogen) atoms. The highest BCUT2D eigenvalue weighted by Gasteiger charge is 2.32. The fraction of sp³-hybridized carbons (Fsp3) is 0.900. The number of nitrogens with zero attached hydrogens (tertiary/aromatic N) is 1. The number of amides is 1. The van der Waals surface area contributed by atoms with Gasteiger partial charge in [0.15, 0.2) is 0 Å². The maximum Gasteiger partial charge on any atom is 0.217 e. The van der Waals surface area contributed by atoms with Crippen LogP contribution in [0.2, 0.25) is 0 Å². The van der Waals surface area contributed by atoms with Crippen LogP contribution in [0.15, 0.2) is 0 Å². The Morgan fingerprint density at radius 3 is 2.79 bits per heavy atom. The zero-order valence-electron chi connectivity index (χ0n) is 9.34. The fourth-order valence-corrected chi connectivity index (χ4v) is 1.84. The number of carbonyl (C=O) groups excluding carboxylic acids is 1. The maximum atomic E-state index is 10.9. The number of hydrogen-bond donors (Lipinski definition) is 2. The van der Waals surface area contributed by atoms with E-state index in [0.29, 0.717) is 12.6 Å². The van der Waals surface area contributed by atoms with Crippen molar-refractivity contribution >= 4 is 5.91 Å². The molecule has 0 aliphatic carbocycles. The Hall–Kier alpha value is -0.610. The summed E-state index contributed by atoms with van der Waals surface area (Å²) < 4.78 is 0. The summed E-state index contributed by atoms with van der Waals surface area (Å²) in [5.41, 5.74) is 5.75. The normalized spacial score (nSPS) is 23.9. The molecule has 0 bridgehead atoms. The molecule has 1 saturated heterocycles. The highest BCUT2D eigenvalue weighted by Crippen LogP contribution is 2.19. The van der Waals surface area contributed by atoms with Gasteiger partial charge in [-0.2, -0.15) is 0 Å². The Labute approximate surface area is 85.8 Å². The molecule has 0 aromatic rings. The van der Waals surface area contributed by atoms with Crippen LogP contribution in [0, 0.1) is 0 Å². The highest BCUT2D eigenvalue weighted by atomic mass is 16.1. The Kier molecular flexibility index (Phi) is 3.50. The van der Waals surface area contributed by atoms with Gasteiger partial charge >= 0.3 is 0 Å². The molecular formula is C10H21N3O. The van der Waals surface area contributed by atoms with Crippen molar-refractivity contribution in [2.24, 2.45) is 5.73 Å². The van der Waals surface area contributed by atoms with E-state index in [9.17, 15) is 4.79 Å². The van der Waals surface area contributed by atoms with Crippen molar-refractivity contribution in [3.63, 3.8) is 0 Å². The number of nitrogens with one attached hydrogen (secondary N) is 1. The average molecular weight is 199 g/mol. The van der Waals surface area contributed by atoms with Gasteiger partial charge in [-0.25, -0.2) is 0 Å². The van der Waals surface area contributed by atoms with Gasteiger partial charge in [-0.05, 0) is 20.3 Å². The van der Waals surface area contributed by atoms with Gasteiger partial charge in [0.2, 0.25) is 5.91 Å². The third kappa shape index (κ3) is 2.69. The quantitative estimate of drug-likeness (QED) is 0.669. The summed E-state index contributed by atoms with van der Waals surface area (Å²) in [6.45, 7) is 8.45. The van der Waals surface area contributed by atoms with Crippen LogP contribution < -0.4 is 11.1 Å². The fourth-order valence-electron chi connectivity index (χ4n) is 1.84. The maximum absolute atomic E-state index is 10.9. The molecule has 1 unspecified atom stereocenters. The van der Waals surface area contributed by atoms with Crippen LogP contribution >= 0.6 is 0 Å². The standard InChI is InChI=1S/C10H21N3O/c1-8(14)12-9-4-5-13(6-9)10(2,3)7-11/h9H,4-7,11H2,1-3H3,(H,12,14). The van der Waals surface area contributed by atoms with E-state index < -0.39 is 0 Å². The summed E-state index contributed by atoms with van der Waals surface area (Å²) in [6, 6.07) is 0.304. The zero-order chi connectivity index (χ0) is 10.8. The van der Waals surface area contributed by atoms with Gasteiger partial charge in [0.1, 0.15) is 0 Å². The summed E-state index contributed by atoms with van der Waals surface area (Å²) in [4.78, 5) is 13.2. The molecule has 0 saturated carbocycles. The van der Waals surface area contributed by atoms with Crippen molar-refractivity contribution < 1.29 is 4.79 Å². The van der Waals surface area contributed by atoms with Gasteiger partial charge in [0.25, 0.3) is 0 Å². The molecule has 4 nitrogen and oxygen atoms in total. The van der Waals surface area contributed by atoms with E-state index in [0.717, 1.165) is 19.5 Å². The molecule has 1 aliphatic rings. The molecule has 0 aromatic heterocycles. The largest absolute Gasteiger partial charge is 0.352 e. The lowest BCUT2D eigenvalue weighted by molar-refractivity contribution is -0.119. The molecule has 0 radical (unpaired) electrons. The molecule has 1 atom stereocenters. The van der Waals surface area contributed by atoms with Crippen molar-refractivity contribution in [2.75, 3.05) is 19.6 Å². The topological polar surface area (TPSA) is 58.4 Å². The Balaban J connectivity index is 2.45. The summed E-state index contributed by atoms with van der Waals surface area (Å²) in [5.74, 6) is 0.0578. The van der Waals surface area contributed by atoms with E-state index >= 15 is 0 Å². The van der Waals surface area contributed by atoms with Gasteiger partial charge in [-0.3, -0.25) is 9.69 Å². The Morgan fingerprint density at radius 1 is 1.64 bits per heavy atom. The van der Waals surface area contributed by atoms with E-state index in [1.807, 2.05) is 0 Å². The molecule has 1 fully saturated rings. The third-order valence-corrected chi connectivity index (χ3v) is 2.95. The van der Waals surface area contributed by atoms with Crippen LogP contribution in [0.3, 0.4) is 0 Å². The number of rotatable bonds is 3. The van der Waals surface area contributed by atoms with Gasteiger partial charge in [-0.15, -0.1) is 0 Å². The van der Waals surface area contributed by atoms with Gasteiger partial charge < -0.3 is 11.1 Å². The monoisotopic (exact) mass is 199 g/mol. The molecule has 0 spiro atoms. The van der Waals surface area contributed by atoms with E-state index in [2.05, 4.69) is 24.1 Å². The predicted octanol–water partition coefficient (Wildman–Crippen LogP) is -0.0659. The summed E-state index contributed by atoms with van der Waals surface area (Å²) in [7, 11) is 0. The van der Waals surface area contributed by atoms with E-state index in [-0.39, 0.29) is 11.4 Å². The first-order chi connectivity index (χ1) is 6.45. The molecule has 3 N–H and O–H groups in total. The lowest BCUT2D eigenvalue weighted by Crippen LogP contribution is -2.49. The number of hydrogen-bond acceptors (Lipinski definition) is 3. The van der Waals surface area contributed by atoms with Crippen LogP contribution in [-0.4, -0.2) is 42.0 Å². The SMILES string of the molecule is CC(=O)NC1CCN(C(C)(C)CN)C1. The summed E-state index contributed by atoms with van der Waals surface area (Å²) >= 11 is 0. The van der Waals surface area contributed by atoms with Crippen LogP contribution in [-0.2, 0) is 4.79 Å². The molecule has 1 aliphatic heterocycles. The van der Waals surface area contributed by atoms with Crippen molar-refractivity contribution in [2.45, 2.75) is 38.8 Å². The van der Waals surface area contributed by atoms with Crippen molar-refractivity contribution in [3.8, 4) is 0 Å². The number of likely N-dealkylation sites (tertiary alicyclic amines) is 1. The summed E-state index contributed by atoms with van der Waals surface area (Å²) in [5, 5.41) is 2.95. The first-order valence-electron chi connectivity index (χ1n) is 5.18. The molecule has 1 rings (SSSR count). The molecule has 82 valence electrons. The summed E-state index contributed by atoms with van der Waals surface area (Å²) in [6.07, 6.45) is 1.03. The van der Waals surface area contributed by atoms with Crippen molar-refractivity contribution in [3.05, 3.63) is 0 Å². The zero-order valence-corrected chi connectivity index (χ0v) is 9.34. The van der Waals surface area contributed by atoms with Crippen LogP contribution in [0.5, 0.6) is 0 Å². The van der Waals surface area contributed by atoms with E-state index in [1.54, 1.807) is 6.92 Å². The number of nitrogens with two attached hydrogens (primary N) is 1. The second-order valence-corrected chi connectivity index (χ2v) is 4.65. The van der Waals surface area contributed by atoms with Crippen LogP contribution in [0.1, 0.15) is 27.2 Å². The highest BCUT2D eigenvalue weighted by molar-refractivity contribution is 5.73. The van der Waals surface area contributed by atoms with Crippen molar-refractivity contribution in [1.29, 1.82) is 0 Å². The number of carbonyl (C=O) groups is 1. The Bertz CT molecular complexity index is 215. The molecule has 4 heteroatoms. The van der Waals surface area contributed by atoms with Gasteiger partial charge in [0.05, 0.1) is 0 Å². The van der Waals surface area contributed by atoms with Crippen LogP contribution in [0.25, 0.3) is 0 Å². The molecule has 1 amide bonds. The van der Waals surface area contributed by atoms with E-state index in [1.165, 1.54) is 0 Å². The minimum Gasteiger partial charge on any atom is -0.352 e. The van der Waals surface area contributed by atoms with E-state index in [4.69, 9.17) is 5.73 Å². The molecular weight excluding hydrogens is 178 g/mol. The minimum atomic E-state index is 0.0488. The predicted molar refractivity (Wildman–Crippen MR) is 56.9 cm³/mol. The molecule has 0 aromatic carbocycles. The second kappa shape index (κ2) is 4.28. The van der Waals surface area contributed by atoms with Gasteiger partial charge in [0, 0.05) is 38.1 Å². The average Bonchev–Trinajstić information content (AvgIpc) is 2.52. The van der Waals surface area contributed by atoms with Crippen LogP contribution in [0.4, 0.5) is 0 Å². The first kappa shape index (κ1) is 11.5. The molecule has 1 heterocycles. The lowest BCUT2D eigenvalue weighted by Gasteiger charge is -2.34. The van der Waals surface area contributed by atoms with Crippen molar-refractivity contribution in [1.82, 2.24) is 10.2 Å². The van der Waals surface area contributed by atoms with Gasteiger partial charge in [-0.1, -0.05) is 0 Å². The Morgan fingerprint density at radius 2 is 2.29 bits per heavy atom.